The van der Waals surface area contributed by atoms with Crippen LogP contribution in [0.5, 0.6) is 0 Å². The minimum atomic E-state index is 0.683. The van der Waals surface area contributed by atoms with Crippen molar-refractivity contribution in [3.8, 4) is 0 Å². The lowest BCUT2D eigenvalue weighted by atomic mass is 10.0. The largest absolute Gasteiger partial charge is 0.313 e. The van der Waals surface area contributed by atoms with Gasteiger partial charge < -0.3 is 10.2 Å². The van der Waals surface area contributed by atoms with Crippen molar-refractivity contribution in [3.05, 3.63) is 0 Å². The first-order chi connectivity index (χ1) is 6.24. The van der Waals surface area contributed by atoms with Crippen LogP contribution in [0.3, 0.4) is 0 Å². The van der Waals surface area contributed by atoms with Gasteiger partial charge in [-0.2, -0.15) is 0 Å². The molecule has 0 saturated carbocycles. The number of nitrogens with one attached hydrogen (secondary N) is 1. The van der Waals surface area contributed by atoms with Crippen LogP contribution in [0, 0.1) is 5.92 Å². The maximum Gasteiger partial charge on any atom is 0.0217 e. The molecule has 1 fully saturated rings. The molecule has 0 aromatic heterocycles. The van der Waals surface area contributed by atoms with Crippen molar-refractivity contribution in [3.63, 3.8) is 0 Å². The maximum absolute atomic E-state index is 3.57. The normalized spacial score (nSPS) is 21.2. The molecular weight excluding hydrogens is 160 g/mol. The van der Waals surface area contributed by atoms with E-state index in [1.54, 1.807) is 0 Å². The zero-order valence-electron chi connectivity index (χ0n) is 9.34. The van der Waals surface area contributed by atoms with Crippen LogP contribution in [-0.4, -0.2) is 37.1 Å². The lowest BCUT2D eigenvalue weighted by Gasteiger charge is -2.27. The highest BCUT2D eigenvalue weighted by atomic mass is 15.2. The second kappa shape index (κ2) is 5.61. The summed E-state index contributed by atoms with van der Waals surface area (Å²) in [5.41, 5.74) is 0. The first kappa shape index (κ1) is 11.0. The topological polar surface area (TPSA) is 15.3 Å². The van der Waals surface area contributed by atoms with Crippen LogP contribution in [0.2, 0.25) is 0 Å². The van der Waals surface area contributed by atoms with Gasteiger partial charge in [-0.15, -0.1) is 0 Å². The highest BCUT2D eigenvalue weighted by molar-refractivity contribution is 4.77. The van der Waals surface area contributed by atoms with Gasteiger partial charge in [-0.3, -0.25) is 0 Å². The van der Waals surface area contributed by atoms with E-state index in [-0.39, 0.29) is 0 Å². The predicted molar refractivity (Wildman–Crippen MR) is 58.0 cm³/mol. The second-order valence-electron chi connectivity index (χ2n) is 4.42. The predicted octanol–water partition coefficient (Wildman–Crippen LogP) is 1.72. The van der Waals surface area contributed by atoms with Crippen molar-refractivity contribution >= 4 is 0 Å². The van der Waals surface area contributed by atoms with Crippen molar-refractivity contribution < 1.29 is 0 Å². The van der Waals surface area contributed by atoms with Crippen LogP contribution in [0.25, 0.3) is 0 Å². The Morgan fingerprint density at radius 2 is 1.85 bits per heavy atom. The van der Waals surface area contributed by atoms with Gasteiger partial charge in [-0.25, -0.2) is 0 Å². The highest BCUT2D eigenvalue weighted by Gasteiger charge is 2.18. The summed E-state index contributed by atoms with van der Waals surface area (Å²) in [5.74, 6) is 0.751. The van der Waals surface area contributed by atoms with Crippen molar-refractivity contribution in [2.45, 2.75) is 39.7 Å². The van der Waals surface area contributed by atoms with Gasteiger partial charge in [-0.1, -0.05) is 20.8 Å². The molecule has 0 amide bonds. The summed E-state index contributed by atoms with van der Waals surface area (Å²) in [7, 11) is 0. The van der Waals surface area contributed by atoms with Crippen molar-refractivity contribution in [2.24, 2.45) is 5.92 Å². The molecule has 1 heterocycles. The molecule has 0 aromatic carbocycles. The second-order valence-corrected chi connectivity index (χ2v) is 4.42. The van der Waals surface area contributed by atoms with Crippen LogP contribution in [-0.2, 0) is 0 Å². The van der Waals surface area contributed by atoms with E-state index in [0.29, 0.717) is 6.04 Å². The highest BCUT2D eigenvalue weighted by Crippen LogP contribution is 2.11. The molecule has 0 aliphatic carbocycles. The molecular formula is C11H24N2. The Kier molecular flexibility index (Phi) is 4.74. The number of likely N-dealkylation sites (tertiary alicyclic amines) is 1. The lowest BCUT2D eigenvalue weighted by Crippen LogP contribution is -2.43. The third kappa shape index (κ3) is 3.65. The number of hydrogen-bond acceptors (Lipinski definition) is 2. The Balaban J connectivity index is 2.27. The van der Waals surface area contributed by atoms with Crippen LogP contribution in [0.4, 0.5) is 0 Å². The van der Waals surface area contributed by atoms with Gasteiger partial charge in [0.15, 0.2) is 0 Å². The Morgan fingerprint density at radius 1 is 1.23 bits per heavy atom. The Labute approximate surface area is 82.7 Å². The van der Waals surface area contributed by atoms with Gasteiger partial charge >= 0.3 is 0 Å². The summed E-state index contributed by atoms with van der Waals surface area (Å²) in [6.07, 6.45) is 2.80. The molecule has 1 aliphatic rings. The molecule has 1 atom stereocenters. The molecule has 1 rings (SSSR count). The van der Waals surface area contributed by atoms with Gasteiger partial charge in [0, 0.05) is 12.6 Å². The maximum atomic E-state index is 3.57. The van der Waals surface area contributed by atoms with Gasteiger partial charge in [0.25, 0.3) is 0 Å². The fourth-order valence-electron chi connectivity index (χ4n) is 2.02. The van der Waals surface area contributed by atoms with Crippen LogP contribution >= 0.6 is 0 Å². The molecule has 78 valence electrons. The fraction of sp³-hybridized carbons (Fsp3) is 1.00. The first-order valence-corrected chi connectivity index (χ1v) is 5.69. The molecule has 13 heavy (non-hydrogen) atoms. The number of nitrogens with zero attached hydrogens (tertiary/aromatic N) is 1. The van der Waals surface area contributed by atoms with Crippen molar-refractivity contribution in [1.29, 1.82) is 0 Å². The molecule has 0 spiro atoms. The molecule has 1 saturated heterocycles. The van der Waals surface area contributed by atoms with Crippen molar-refractivity contribution in [2.75, 3.05) is 26.2 Å². The fourth-order valence-corrected chi connectivity index (χ4v) is 2.02. The Morgan fingerprint density at radius 3 is 2.31 bits per heavy atom. The van der Waals surface area contributed by atoms with E-state index in [4.69, 9.17) is 0 Å². The Bertz CT molecular complexity index is 128. The monoisotopic (exact) mass is 184 g/mol. The van der Waals surface area contributed by atoms with E-state index in [1.165, 1.54) is 32.5 Å². The summed E-state index contributed by atoms with van der Waals surface area (Å²) >= 11 is 0. The van der Waals surface area contributed by atoms with Crippen LogP contribution in [0.1, 0.15) is 33.6 Å². The molecule has 0 bridgehead atoms. The smallest absolute Gasteiger partial charge is 0.0217 e. The molecule has 2 heteroatoms. The average molecular weight is 184 g/mol. The lowest BCUT2D eigenvalue weighted by molar-refractivity contribution is 0.257. The summed E-state index contributed by atoms with van der Waals surface area (Å²) in [6.45, 7) is 11.8. The zero-order chi connectivity index (χ0) is 9.68. The minimum absolute atomic E-state index is 0.683. The molecule has 0 aromatic rings. The number of likely N-dealkylation sites (N-methyl/N-ethyl adjacent to an activating group) is 1. The average Bonchev–Trinajstić information content (AvgIpc) is 2.56. The van der Waals surface area contributed by atoms with Crippen LogP contribution < -0.4 is 5.32 Å². The van der Waals surface area contributed by atoms with E-state index in [1.807, 2.05) is 0 Å². The van der Waals surface area contributed by atoms with Gasteiger partial charge in [0.05, 0.1) is 0 Å². The van der Waals surface area contributed by atoms with E-state index in [2.05, 4.69) is 31.0 Å². The van der Waals surface area contributed by atoms with Crippen molar-refractivity contribution in [1.82, 2.24) is 10.2 Å². The first-order valence-electron chi connectivity index (χ1n) is 5.69. The SMILES string of the molecule is CCNC(CN1CCCC1)C(C)C. The summed E-state index contributed by atoms with van der Waals surface area (Å²) in [5, 5.41) is 3.57. The molecule has 1 N–H and O–H groups in total. The van der Waals surface area contributed by atoms with E-state index < -0.39 is 0 Å². The molecule has 1 unspecified atom stereocenters. The third-order valence-corrected chi connectivity index (χ3v) is 2.92. The summed E-state index contributed by atoms with van der Waals surface area (Å²) in [6, 6.07) is 0.683. The van der Waals surface area contributed by atoms with E-state index in [0.717, 1.165) is 12.5 Å². The van der Waals surface area contributed by atoms with Crippen LogP contribution in [0.15, 0.2) is 0 Å². The quantitative estimate of drug-likeness (QED) is 0.700. The molecule has 2 nitrogen and oxygen atoms in total. The summed E-state index contributed by atoms with van der Waals surface area (Å²) in [4.78, 5) is 2.59. The van der Waals surface area contributed by atoms with Gasteiger partial charge in [0.1, 0.15) is 0 Å². The minimum Gasteiger partial charge on any atom is -0.313 e. The molecule has 0 radical (unpaired) electrons. The standard InChI is InChI=1S/C11H24N2/c1-4-12-11(10(2)3)9-13-7-5-6-8-13/h10-12H,4-9H2,1-3H3. The van der Waals surface area contributed by atoms with Gasteiger partial charge in [0.2, 0.25) is 0 Å². The zero-order valence-corrected chi connectivity index (χ0v) is 9.34. The van der Waals surface area contributed by atoms with Gasteiger partial charge in [-0.05, 0) is 38.4 Å². The van der Waals surface area contributed by atoms with E-state index >= 15 is 0 Å². The third-order valence-electron chi connectivity index (χ3n) is 2.92. The Hall–Kier alpha value is -0.0800. The number of hydrogen-bond donors (Lipinski definition) is 1. The molecule has 1 aliphatic heterocycles. The van der Waals surface area contributed by atoms with E-state index in [9.17, 15) is 0 Å². The number of rotatable bonds is 5. The summed E-state index contributed by atoms with van der Waals surface area (Å²) < 4.78 is 0.